The van der Waals surface area contributed by atoms with Gasteiger partial charge in [0.25, 0.3) is 0 Å². The molecule has 0 saturated carbocycles. The van der Waals surface area contributed by atoms with E-state index in [1.165, 1.54) is 22.8 Å². The van der Waals surface area contributed by atoms with Crippen molar-refractivity contribution < 1.29 is 23.1 Å². The van der Waals surface area contributed by atoms with E-state index in [-0.39, 0.29) is 35.4 Å². The highest BCUT2D eigenvalue weighted by Crippen LogP contribution is 2.18. The van der Waals surface area contributed by atoms with E-state index in [0.29, 0.717) is 49.1 Å². The highest BCUT2D eigenvalue weighted by atomic mass is 32.2. The molecule has 0 fully saturated rings. The summed E-state index contributed by atoms with van der Waals surface area (Å²) >= 11 is 0. The number of H-pyrrole nitrogens is 1. The molecule has 0 saturated heterocycles. The largest absolute Gasteiger partial charge is 0.481 e. The lowest BCUT2D eigenvalue weighted by atomic mass is 10.2. The lowest BCUT2D eigenvalue weighted by Crippen LogP contribution is -2.25. The predicted octanol–water partition coefficient (Wildman–Crippen LogP) is 1.66. The maximum absolute atomic E-state index is 12.5. The van der Waals surface area contributed by atoms with Crippen molar-refractivity contribution in [3.63, 3.8) is 0 Å². The Bertz CT molecular complexity index is 1330. The summed E-state index contributed by atoms with van der Waals surface area (Å²) in [6.45, 7) is 3.07. The topological polar surface area (TPSA) is 182 Å². The summed E-state index contributed by atoms with van der Waals surface area (Å²) in [5, 5.41) is 8.89. The number of nitrogens with zero attached hydrogens (tertiary/aromatic N) is 3. The summed E-state index contributed by atoms with van der Waals surface area (Å²) in [6.07, 6.45) is 3.37. The minimum atomic E-state index is -3.75. The van der Waals surface area contributed by atoms with Gasteiger partial charge in [-0.1, -0.05) is 31.9 Å². The van der Waals surface area contributed by atoms with Crippen molar-refractivity contribution in [3.8, 4) is 6.01 Å². The Morgan fingerprint density at radius 3 is 2.77 bits per heavy atom. The maximum Gasteiger partial charge on any atom is 0.327 e. The quantitative estimate of drug-likeness (QED) is 0.236. The molecule has 0 unspecified atom stereocenters. The Morgan fingerprint density at radius 2 is 2.03 bits per heavy atom. The molecule has 35 heavy (non-hydrogen) atoms. The van der Waals surface area contributed by atoms with Crippen LogP contribution in [0.1, 0.15) is 44.6 Å². The molecule has 3 rings (SSSR count). The Balaban J connectivity index is 1.53. The third-order valence-electron chi connectivity index (χ3n) is 5.27. The number of anilines is 1. The second-order valence-electron chi connectivity index (χ2n) is 8.05. The van der Waals surface area contributed by atoms with Gasteiger partial charge in [0, 0.05) is 13.1 Å². The van der Waals surface area contributed by atoms with Crippen LogP contribution >= 0.6 is 0 Å². The monoisotopic (exact) mass is 506 g/mol. The first-order valence-electron chi connectivity index (χ1n) is 11.4. The molecular weight excluding hydrogens is 476 g/mol. The van der Waals surface area contributed by atoms with E-state index in [4.69, 9.17) is 15.6 Å². The number of sulfonamides is 1. The van der Waals surface area contributed by atoms with Crippen molar-refractivity contribution in [3.05, 3.63) is 40.3 Å². The van der Waals surface area contributed by atoms with E-state index in [1.807, 2.05) is 6.92 Å². The van der Waals surface area contributed by atoms with E-state index in [9.17, 15) is 18.0 Å². The number of carboxylic acids is 1. The van der Waals surface area contributed by atoms with Gasteiger partial charge in [-0.2, -0.15) is 9.97 Å². The van der Waals surface area contributed by atoms with Gasteiger partial charge in [-0.15, -0.1) is 0 Å². The highest BCUT2D eigenvalue weighted by molar-refractivity contribution is 7.89. The van der Waals surface area contributed by atoms with Crippen molar-refractivity contribution in [2.45, 2.75) is 56.9 Å². The average Bonchev–Trinajstić information content (AvgIpc) is 3.12. The van der Waals surface area contributed by atoms with Gasteiger partial charge in [-0.25, -0.2) is 17.9 Å². The number of carboxylic acid groups (broad SMARTS) is 1. The van der Waals surface area contributed by atoms with Crippen LogP contribution in [0.25, 0.3) is 11.2 Å². The van der Waals surface area contributed by atoms with Crippen molar-refractivity contribution in [2.75, 3.05) is 18.9 Å². The van der Waals surface area contributed by atoms with Crippen molar-refractivity contribution in [1.29, 1.82) is 0 Å². The van der Waals surface area contributed by atoms with Gasteiger partial charge in [0.05, 0.1) is 17.9 Å². The Hall–Kier alpha value is -3.45. The number of unbranched alkanes of at least 4 members (excludes halogenated alkanes) is 3. The second-order valence-corrected chi connectivity index (χ2v) is 9.82. The number of nitrogens with two attached hydrogens (primary N) is 1. The van der Waals surface area contributed by atoms with Crippen LogP contribution < -0.4 is 20.9 Å². The number of hydrogen-bond donors (Lipinski definition) is 4. The summed E-state index contributed by atoms with van der Waals surface area (Å²) in [5.41, 5.74) is 6.74. The number of rotatable bonds is 14. The van der Waals surface area contributed by atoms with E-state index in [0.717, 1.165) is 12.8 Å². The van der Waals surface area contributed by atoms with Gasteiger partial charge in [-0.3, -0.25) is 9.36 Å². The molecular formula is C22H30N6O6S. The number of aromatic amines is 1. The van der Waals surface area contributed by atoms with Crippen molar-refractivity contribution >= 4 is 33.0 Å². The molecule has 0 amide bonds. The molecule has 0 bridgehead atoms. The lowest BCUT2D eigenvalue weighted by molar-refractivity contribution is -0.136. The number of fused-ring (bicyclic) bond motifs is 1. The fourth-order valence-electron chi connectivity index (χ4n) is 3.47. The van der Waals surface area contributed by atoms with Crippen molar-refractivity contribution in [2.24, 2.45) is 0 Å². The zero-order chi connectivity index (χ0) is 25.4. The molecule has 3 aromatic rings. The minimum absolute atomic E-state index is 0.0239. The van der Waals surface area contributed by atoms with E-state index in [1.54, 1.807) is 6.07 Å². The van der Waals surface area contributed by atoms with Gasteiger partial charge in [0.1, 0.15) is 5.52 Å². The molecule has 12 nitrogen and oxygen atoms in total. The first-order valence-corrected chi connectivity index (χ1v) is 12.9. The SMILES string of the molecule is CCCCOc1nc(N)c2[nH]c(=O)n(CCCCCNS(=O)(=O)c3cccc(CC(=O)O)c3)c2n1. The number of imidazole rings is 1. The number of hydrogen-bond acceptors (Lipinski definition) is 8. The van der Waals surface area contributed by atoms with E-state index >= 15 is 0 Å². The van der Waals surface area contributed by atoms with Crippen LogP contribution in [0.15, 0.2) is 34.0 Å². The first kappa shape index (κ1) is 26.2. The zero-order valence-electron chi connectivity index (χ0n) is 19.5. The van der Waals surface area contributed by atoms with Crippen LogP contribution in [0, 0.1) is 0 Å². The van der Waals surface area contributed by atoms with Gasteiger partial charge >= 0.3 is 17.7 Å². The molecule has 190 valence electrons. The van der Waals surface area contributed by atoms with Crippen LogP contribution in [-0.4, -0.2) is 52.2 Å². The molecule has 0 atom stereocenters. The molecule has 0 aliphatic heterocycles. The number of aromatic nitrogens is 4. The standard InChI is InChI=1S/C22H30N6O6S/c1-2-3-12-34-21-26-19(23)18-20(27-21)28(22(31)25-18)11-6-4-5-10-24-35(32,33)16-9-7-8-15(13-16)14-17(29)30/h7-9,13,24H,2-6,10-12,14H2,1H3,(H,25,31)(H,29,30)(H2,23,26,27). The van der Waals surface area contributed by atoms with Gasteiger partial charge in [0.2, 0.25) is 10.0 Å². The molecule has 0 aliphatic rings. The summed E-state index contributed by atoms with van der Waals surface area (Å²) in [7, 11) is -3.75. The van der Waals surface area contributed by atoms with Crippen LogP contribution in [0.4, 0.5) is 5.82 Å². The number of nitrogen functional groups attached to an aromatic ring is 1. The Morgan fingerprint density at radius 1 is 1.23 bits per heavy atom. The first-order chi connectivity index (χ1) is 16.7. The molecule has 0 aliphatic carbocycles. The maximum atomic E-state index is 12.5. The van der Waals surface area contributed by atoms with E-state index in [2.05, 4.69) is 19.7 Å². The molecule has 0 spiro atoms. The molecule has 2 heterocycles. The van der Waals surface area contributed by atoms with Crippen LogP contribution in [-0.2, 0) is 27.8 Å². The third-order valence-corrected chi connectivity index (χ3v) is 6.73. The average molecular weight is 507 g/mol. The third kappa shape index (κ3) is 7.02. The van der Waals surface area contributed by atoms with Gasteiger partial charge in [0.15, 0.2) is 11.5 Å². The Labute approximate surface area is 202 Å². The summed E-state index contributed by atoms with van der Waals surface area (Å²) in [6, 6.07) is 5.98. The second kappa shape index (κ2) is 11.8. The highest BCUT2D eigenvalue weighted by Gasteiger charge is 2.16. The van der Waals surface area contributed by atoms with Gasteiger partial charge in [-0.05, 0) is 37.0 Å². The minimum Gasteiger partial charge on any atom is -0.481 e. The summed E-state index contributed by atoms with van der Waals surface area (Å²) in [4.78, 5) is 34.3. The number of aryl methyl sites for hydroxylation is 1. The fourth-order valence-corrected chi connectivity index (χ4v) is 4.61. The predicted molar refractivity (Wildman–Crippen MR) is 130 cm³/mol. The molecule has 2 aromatic heterocycles. The number of carbonyl (C=O) groups is 1. The fraction of sp³-hybridized carbons (Fsp3) is 0.455. The lowest BCUT2D eigenvalue weighted by Gasteiger charge is -2.08. The smallest absolute Gasteiger partial charge is 0.327 e. The number of benzene rings is 1. The zero-order valence-corrected chi connectivity index (χ0v) is 20.3. The Kier molecular flexibility index (Phi) is 8.82. The van der Waals surface area contributed by atoms with Gasteiger partial charge < -0.3 is 20.6 Å². The number of nitrogens with one attached hydrogen (secondary N) is 2. The normalized spacial score (nSPS) is 11.7. The van der Waals surface area contributed by atoms with Crippen LogP contribution in [0.2, 0.25) is 0 Å². The van der Waals surface area contributed by atoms with Crippen molar-refractivity contribution in [1.82, 2.24) is 24.2 Å². The summed E-state index contributed by atoms with van der Waals surface area (Å²) < 4.78 is 34.5. The number of aliphatic carboxylic acids is 1. The van der Waals surface area contributed by atoms with E-state index < -0.39 is 16.0 Å². The van der Waals surface area contributed by atoms with Crippen LogP contribution in [0.3, 0.4) is 0 Å². The molecule has 5 N–H and O–H groups in total. The molecule has 0 radical (unpaired) electrons. The molecule has 13 heteroatoms. The number of ether oxygens (including phenoxy) is 1. The van der Waals surface area contributed by atoms with Crippen LogP contribution in [0.5, 0.6) is 6.01 Å². The molecule has 1 aromatic carbocycles. The summed E-state index contributed by atoms with van der Waals surface area (Å²) in [5.74, 6) is -0.893.